The molecule has 4 nitrogen and oxygen atoms in total. The van der Waals surface area contributed by atoms with Crippen LogP contribution in [0.3, 0.4) is 0 Å². The van der Waals surface area contributed by atoms with Gasteiger partial charge in [0, 0.05) is 11.3 Å². The zero-order chi connectivity index (χ0) is 13.2. The predicted octanol–water partition coefficient (Wildman–Crippen LogP) is 2.01. The summed E-state index contributed by atoms with van der Waals surface area (Å²) in [6, 6.07) is 4.31. The molecule has 17 heavy (non-hydrogen) atoms. The third-order valence-corrected chi connectivity index (χ3v) is 3.87. The number of carboxylic acids is 1. The van der Waals surface area contributed by atoms with Gasteiger partial charge in [0.05, 0.1) is 10.8 Å². The molecule has 0 bridgehead atoms. The fourth-order valence-corrected chi connectivity index (χ4v) is 2.22. The fraction of sp³-hybridized carbons (Fsp3) is 0.364. The van der Waals surface area contributed by atoms with Gasteiger partial charge in [-0.15, -0.1) is 0 Å². The second kappa shape index (κ2) is 5.06. The number of benzene rings is 1. The minimum Gasteiger partial charge on any atom is -0.481 e. The zero-order valence-electron chi connectivity index (χ0n) is 9.47. The summed E-state index contributed by atoms with van der Waals surface area (Å²) < 4.78 is 22.7. The maximum absolute atomic E-state index is 11.4. The Morgan fingerprint density at radius 1 is 1.47 bits per heavy atom. The minimum atomic E-state index is -3.30. The van der Waals surface area contributed by atoms with Gasteiger partial charge in [0.1, 0.15) is 0 Å². The van der Waals surface area contributed by atoms with Crippen molar-refractivity contribution in [2.45, 2.75) is 18.2 Å². The van der Waals surface area contributed by atoms with Crippen LogP contribution in [0.4, 0.5) is 0 Å². The van der Waals surface area contributed by atoms with Gasteiger partial charge in [-0.3, -0.25) is 4.79 Å². The second-order valence-electron chi connectivity index (χ2n) is 3.97. The molecule has 0 fully saturated rings. The van der Waals surface area contributed by atoms with E-state index >= 15 is 0 Å². The Hall–Kier alpha value is -1.07. The van der Waals surface area contributed by atoms with Gasteiger partial charge in [-0.25, -0.2) is 8.42 Å². The van der Waals surface area contributed by atoms with Crippen LogP contribution >= 0.6 is 11.6 Å². The van der Waals surface area contributed by atoms with E-state index in [9.17, 15) is 13.2 Å². The van der Waals surface area contributed by atoms with Crippen LogP contribution in [0.15, 0.2) is 23.1 Å². The van der Waals surface area contributed by atoms with Gasteiger partial charge < -0.3 is 5.11 Å². The molecular weight excluding hydrogens is 264 g/mol. The normalized spacial score (nSPS) is 13.4. The molecule has 94 valence electrons. The lowest BCUT2D eigenvalue weighted by Crippen LogP contribution is -2.13. The fourth-order valence-electron chi connectivity index (χ4n) is 1.36. The van der Waals surface area contributed by atoms with Crippen LogP contribution < -0.4 is 0 Å². The van der Waals surface area contributed by atoms with Crippen molar-refractivity contribution in [1.82, 2.24) is 0 Å². The molecule has 0 radical (unpaired) electrons. The van der Waals surface area contributed by atoms with Crippen LogP contribution in [0.2, 0.25) is 5.02 Å². The van der Waals surface area contributed by atoms with Crippen LogP contribution in [0.1, 0.15) is 12.5 Å². The van der Waals surface area contributed by atoms with Gasteiger partial charge in [-0.05, 0) is 30.2 Å². The number of carbonyl (C=O) groups is 1. The average molecular weight is 277 g/mol. The Morgan fingerprint density at radius 3 is 2.53 bits per heavy atom. The summed E-state index contributed by atoms with van der Waals surface area (Å²) in [5.41, 5.74) is 0.532. The molecule has 1 aromatic rings. The number of hydrogen-bond donors (Lipinski definition) is 1. The molecule has 1 rings (SSSR count). The third kappa shape index (κ3) is 3.71. The quantitative estimate of drug-likeness (QED) is 0.913. The van der Waals surface area contributed by atoms with Crippen molar-refractivity contribution in [3.8, 4) is 0 Å². The first-order chi connectivity index (χ1) is 7.71. The number of aliphatic carboxylic acids is 1. The van der Waals surface area contributed by atoms with Crippen molar-refractivity contribution in [1.29, 1.82) is 0 Å². The van der Waals surface area contributed by atoms with Gasteiger partial charge in [0.2, 0.25) is 0 Å². The molecule has 0 aromatic heterocycles. The third-order valence-electron chi connectivity index (χ3n) is 2.39. The lowest BCUT2D eigenvalue weighted by atomic mass is 10.0. The van der Waals surface area contributed by atoms with Crippen molar-refractivity contribution < 1.29 is 18.3 Å². The number of hydrogen-bond acceptors (Lipinski definition) is 3. The molecular formula is C11H13ClO4S. The molecule has 0 saturated heterocycles. The zero-order valence-corrected chi connectivity index (χ0v) is 11.0. The highest BCUT2D eigenvalue weighted by Crippen LogP contribution is 2.23. The number of carboxylic acid groups (broad SMARTS) is 1. The van der Waals surface area contributed by atoms with Gasteiger partial charge >= 0.3 is 5.97 Å². The maximum atomic E-state index is 11.4. The van der Waals surface area contributed by atoms with Gasteiger partial charge in [-0.1, -0.05) is 18.5 Å². The highest BCUT2D eigenvalue weighted by molar-refractivity contribution is 7.90. The molecule has 0 aliphatic heterocycles. The molecule has 0 heterocycles. The first-order valence-electron chi connectivity index (χ1n) is 4.93. The lowest BCUT2D eigenvalue weighted by molar-refractivity contribution is -0.141. The van der Waals surface area contributed by atoms with E-state index in [2.05, 4.69) is 0 Å². The Labute approximate surface area is 105 Å². The van der Waals surface area contributed by atoms with E-state index < -0.39 is 21.7 Å². The summed E-state index contributed by atoms with van der Waals surface area (Å²) in [4.78, 5) is 10.9. The summed E-state index contributed by atoms with van der Waals surface area (Å²) in [6.07, 6.45) is 1.30. The summed E-state index contributed by atoms with van der Waals surface area (Å²) in [6.45, 7) is 1.55. The van der Waals surface area contributed by atoms with E-state index in [-0.39, 0.29) is 11.3 Å². The van der Waals surface area contributed by atoms with Gasteiger partial charge in [0.15, 0.2) is 9.84 Å². The van der Waals surface area contributed by atoms with Gasteiger partial charge in [-0.2, -0.15) is 0 Å². The van der Waals surface area contributed by atoms with Crippen LogP contribution in [0.5, 0.6) is 0 Å². The number of sulfone groups is 1. The predicted molar refractivity (Wildman–Crippen MR) is 65.1 cm³/mol. The maximum Gasteiger partial charge on any atom is 0.306 e. The summed E-state index contributed by atoms with van der Waals surface area (Å²) in [7, 11) is -3.30. The lowest BCUT2D eigenvalue weighted by Gasteiger charge is -2.09. The standard InChI is InChI=1S/C11H13ClO4S/c1-7(11(13)14)5-8-6-9(17(2,15)16)3-4-10(8)12/h3-4,6-7H,5H2,1-2H3,(H,13,14). The first-order valence-corrected chi connectivity index (χ1v) is 7.20. The minimum absolute atomic E-state index is 0.148. The van der Waals surface area contributed by atoms with Crippen molar-refractivity contribution >= 4 is 27.4 Å². The Morgan fingerprint density at radius 2 is 2.06 bits per heavy atom. The van der Waals surface area contributed by atoms with Crippen LogP contribution in [-0.2, 0) is 21.1 Å². The summed E-state index contributed by atoms with van der Waals surface area (Å²) in [5, 5.41) is 9.18. The highest BCUT2D eigenvalue weighted by Gasteiger charge is 2.16. The molecule has 0 aliphatic rings. The van der Waals surface area contributed by atoms with E-state index in [1.165, 1.54) is 18.2 Å². The molecule has 1 atom stereocenters. The Kier molecular flexibility index (Phi) is 4.16. The van der Waals surface area contributed by atoms with E-state index in [0.717, 1.165) is 6.26 Å². The average Bonchev–Trinajstić information content (AvgIpc) is 2.19. The smallest absolute Gasteiger partial charge is 0.306 e. The van der Waals surface area contributed by atoms with Gasteiger partial charge in [0.25, 0.3) is 0 Å². The highest BCUT2D eigenvalue weighted by atomic mass is 35.5. The van der Waals surface area contributed by atoms with E-state index in [4.69, 9.17) is 16.7 Å². The van der Waals surface area contributed by atoms with Crippen LogP contribution in [0.25, 0.3) is 0 Å². The molecule has 1 N–H and O–H groups in total. The van der Waals surface area contributed by atoms with E-state index in [1.54, 1.807) is 6.92 Å². The summed E-state index contributed by atoms with van der Waals surface area (Å²) in [5.74, 6) is -1.55. The van der Waals surface area contributed by atoms with Crippen LogP contribution in [0, 0.1) is 5.92 Å². The Balaban J connectivity index is 3.12. The molecule has 0 amide bonds. The Bertz CT molecular complexity index is 536. The van der Waals surface area contributed by atoms with Crippen molar-refractivity contribution in [3.63, 3.8) is 0 Å². The van der Waals surface area contributed by atoms with E-state index in [1.807, 2.05) is 0 Å². The van der Waals surface area contributed by atoms with Crippen molar-refractivity contribution in [3.05, 3.63) is 28.8 Å². The monoisotopic (exact) mass is 276 g/mol. The molecule has 1 aromatic carbocycles. The molecule has 0 spiro atoms. The molecule has 1 unspecified atom stereocenters. The SMILES string of the molecule is CC(Cc1cc(S(C)(=O)=O)ccc1Cl)C(=O)O. The topological polar surface area (TPSA) is 71.4 Å². The first kappa shape index (κ1) is 14.0. The number of rotatable bonds is 4. The van der Waals surface area contributed by atoms with Crippen molar-refractivity contribution in [2.24, 2.45) is 5.92 Å². The number of halogens is 1. The molecule has 6 heteroatoms. The second-order valence-corrected chi connectivity index (χ2v) is 6.39. The molecule has 0 aliphatic carbocycles. The largest absolute Gasteiger partial charge is 0.481 e. The summed E-state index contributed by atoms with van der Waals surface area (Å²) >= 11 is 5.91. The van der Waals surface area contributed by atoms with E-state index in [0.29, 0.717) is 10.6 Å². The molecule has 0 saturated carbocycles. The van der Waals surface area contributed by atoms with Crippen molar-refractivity contribution in [2.75, 3.05) is 6.26 Å². The van der Waals surface area contributed by atoms with Crippen LogP contribution in [-0.4, -0.2) is 25.7 Å².